The summed E-state index contributed by atoms with van der Waals surface area (Å²) in [6, 6.07) is 2.85. The zero-order chi connectivity index (χ0) is 14.6. The molecule has 1 unspecified atom stereocenters. The average Bonchev–Trinajstić information content (AvgIpc) is 2.27. The fourth-order valence-electron chi connectivity index (χ4n) is 1.34. The lowest BCUT2D eigenvalue weighted by Crippen LogP contribution is -2.35. The maximum absolute atomic E-state index is 13.0. The standard InChI is InChI=1S/C13H15ClFNO3/c1-13(2,3)19-12(18)16-11(7-17)8-4-5-10(15)9(14)6-8/h4-7,11H,1-3H3,(H,16,18). The third kappa shape index (κ3) is 4.87. The molecule has 4 nitrogen and oxygen atoms in total. The van der Waals surface area contributed by atoms with Crippen LogP contribution in [0.1, 0.15) is 32.4 Å². The Morgan fingerprint density at radius 2 is 2.11 bits per heavy atom. The van der Waals surface area contributed by atoms with Gasteiger partial charge in [0, 0.05) is 0 Å². The highest BCUT2D eigenvalue weighted by atomic mass is 35.5. The first-order valence-corrected chi connectivity index (χ1v) is 6.00. The van der Waals surface area contributed by atoms with Gasteiger partial charge in [0.2, 0.25) is 0 Å². The van der Waals surface area contributed by atoms with E-state index in [1.54, 1.807) is 20.8 Å². The van der Waals surface area contributed by atoms with Crippen LogP contribution in [0.25, 0.3) is 0 Å². The molecule has 0 radical (unpaired) electrons. The van der Waals surface area contributed by atoms with Crippen molar-refractivity contribution in [3.05, 3.63) is 34.6 Å². The third-order valence-electron chi connectivity index (χ3n) is 2.11. The first-order valence-electron chi connectivity index (χ1n) is 5.62. The predicted octanol–water partition coefficient (Wildman–Crippen LogP) is 3.24. The van der Waals surface area contributed by atoms with Crippen LogP contribution in [0.5, 0.6) is 0 Å². The zero-order valence-corrected chi connectivity index (χ0v) is 11.6. The molecule has 1 atom stereocenters. The summed E-state index contributed by atoms with van der Waals surface area (Å²) in [6.07, 6.45) is -0.210. The molecule has 1 aromatic rings. The molecule has 0 fully saturated rings. The Labute approximate surface area is 115 Å². The summed E-state index contributed by atoms with van der Waals surface area (Å²) in [5.74, 6) is -0.590. The number of carbonyl (C=O) groups is 2. The second-order valence-electron chi connectivity index (χ2n) is 4.93. The second-order valence-corrected chi connectivity index (χ2v) is 5.34. The highest BCUT2D eigenvalue weighted by molar-refractivity contribution is 6.30. The summed E-state index contributed by atoms with van der Waals surface area (Å²) in [7, 11) is 0. The zero-order valence-electron chi connectivity index (χ0n) is 10.9. The van der Waals surface area contributed by atoms with Crippen LogP contribution in [0.3, 0.4) is 0 Å². The van der Waals surface area contributed by atoms with Crippen molar-refractivity contribution in [2.24, 2.45) is 0 Å². The fourth-order valence-corrected chi connectivity index (χ4v) is 1.53. The lowest BCUT2D eigenvalue weighted by atomic mass is 10.1. The Morgan fingerprint density at radius 3 is 2.58 bits per heavy atom. The normalized spacial score (nSPS) is 12.7. The van der Waals surface area contributed by atoms with E-state index in [1.165, 1.54) is 12.1 Å². The van der Waals surface area contributed by atoms with Crippen molar-refractivity contribution in [3.63, 3.8) is 0 Å². The molecular weight excluding hydrogens is 273 g/mol. The largest absolute Gasteiger partial charge is 0.444 e. The molecule has 104 valence electrons. The molecule has 0 spiro atoms. The monoisotopic (exact) mass is 287 g/mol. The smallest absolute Gasteiger partial charge is 0.408 e. The molecule has 0 aliphatic heterocycles. The van der Waals surface area contributed by atoms with E-state index in [0.29, 0.717) is 11.8 Å². The Balaban J connectivity index is 2.81. The minimum Gasteiger partial charge on any atom is -0.444 e. The third-order valence-corrected chi connectivity index (χ3v) is 2.40. The van der Waals surface area contributed by atoms with E-state index in [2.05, 4.69) is 5.32 Å². The molecule has 0 bridgehead atoms. The minimum atomic E-state index is -0.937. The topological polar surface area (TPSA) is 55.4 Å². The first kappa shape index (κ1) is 15.4. The predicted molar refractivity (Wildman–Crippen MR) is 69.6 cm³/mol. The molecule has 0 saturated carbocycles. The van der Waals surface area contributed by atoms with Crippen LogP contribution in [0.15, 0.2) is 18.2 Å². The highest BCUT2D eigenvalue weighted by Crippen LogP contribution is 2.20. The quantitative estimate of drug-likeness (QED) is 0.868. The van der Waals surface area contributed by atoms with E-state index in [1.807, 2.05) is 0 Å². The van der Waals surface area contributed by atoms with Crippen LogP contribution in [-0.4, -0.2) is 18.0 Å². The number of alkyl carbamates (subject to hydrolysis) is 1. The lowest BCUT2D eigenvalue weighted by Gasteiger charge is -2.21. The molecule has 0 aromatic heterocycles. The highest BCUT2D eigenvalue weighted by Gasteiger charge is 2.20. The van der Waals surface area contributed by atoms with Crippen LogP contribution in [-0.2, 0) is 9.53 Å². The molecule has 1 rings (SSSR count). The molecule has 1 N–H and O–H groups in total. The van der Waals surface area contributed by atoms with Gasteiger partial charge >= 0.3 is 6.09 Å². The summed E-state index contributed by atoms with van der Waals surface area (Å²) in [6.45, 7) is 5.12. The van der Waals surface area contributed by atoms with E-state index >= 15 is 0 Å². The Morgan fingerprint density at radius 1 is 1.47 bits per heavy atom. The van der Waals surface area contributed by atoms with Gasteiger partial charge in [-0.3, -0.25) is 0 Å². The van der Waals surface area contributed by atoms with Gasteiger partial charge in [0.1, 0.15) is 23.7 Å². The number of nitrogens with one attached hydrogen (secondary N) is 1. The molecule has 19 heavy (non-hydrogen) atoms. The number of halogens is 2. The van der Waals surface area contributed by atoms with Crippen LogP contribution in [0.2, 0.25) is 5.02 Å². The van der Waals surface area contributed by atoms with Crippen LogP contribution < -0.4 is 5.32 Å². The SMILES string of the molecule is CC(C)(C)OC(=O)NC(C=O)c1ccc(F)c(Cl)c1. The number of aldehydes is 1. The Kier molecular flexibility index (Phi) is 4.89. The van der Waals surface area contributed by atoms with E-state index in [4.69, 9.17) is 16.3 Å². The van der Waals surface area contributed by atoms with Crippen molar-refractivity contribution in [1.82, 2.24) is 5.32 Å². The number of rotatable bonds is 3. The number of benzene rings is 1. The molecule has 6 heteroatoms. The summed E-state index contributed by atoms with van der Waals surface area (Å²) in [5.41, 5.74) is -0.287. The molecule has 0 aliphatic rings. The van der Waals surface area contributed by atoms with Crippen molar-refractivity contribution in [2.75, 3.05) is 0 Å². The van der Waals surface area contributed by atoms with Gasteiger partial charge < -0.3 is 14.8 Å². The Bertz CT molecular complexity index is 485. The molecule has 1 aromatic carbocycles. The molecule has 0 heterocycles. The number of hydrogen-bond donors (Lipinski definition) is 1. The summed E-state index contributed by atoms with van der Waals surface area (Å²) in [5, 5.41) is 2.26. The summed E-state index contributed by atoms with van der Waals surface area (Å²) < 4.78 is 18.0. The van der Waals surface area contributed by atoms with Gasteiger partial charge in [-0.15, -0.1) is 0 Å². The van der Waals surface area contributed by atoms with E-state index < -0.39 is 23.6 Å². The maximum atomic E-state index is 13.0. The Hall–Kier alpha value is -1.62. The van der Waals surface area contributed by atoms with Crippen molar-refractivity contribution in [3.8, 4) is 0 Å². The van der Waals surface area contributed by atoms with Crippen molar-refractivity contribution < 1.29 is 18.7 Å². The molecule has 0 aliphatic carbocycles. The maximum Gasteiger partial charge on any atom is 0.408 e. The van der Waals surface area contributed by atoms with E-state index in [0.717, 1.165) is 6.07 Å². The van der Waals surface area contributed by atoms with Crippen molar-refractivity contribution >= 4 is 24.0 Å². The van der Waals surface area contributed by atoms with Crippen LogP contribution >= 0.6 is 11.6 Å². The molecule has 0 saturated heterocycles. The average molecular weight is 288 g/mol. The van der Waals surface area contributed by atoms with Crippen LogP contribution in [0, 0.1) is 5.82 Å². The lowest BCUT2D eigenvalue weighted by molar-refractivity contribution is -0.109. The second kappa shape index (κ2) is 6.02. The van der Waals surface area contributed by atoms with Gasteiger partial charge in [-0.2, -0.15) is 0 Å². The van der Waals surface area contributed by atoms with E-state index in [9.17, 15) is 14.0 Å². The number of carbonyl (C=O) groups excluding carboxylic acids is 2. The van der Waals surface area contributed by atoms with Gasteiger partial charge in [-0.05, 0) is 38.5 Å². The molecular formula is C13H15ClFNO3. The van der Waals surface area contributed by atoms with Gasteiger partial charge in [-0.1, -0.05) is 17.7 Å². The van der Waals surface area contributed by atoms with Gasteiger partial charge in [-0.25, -0.2) is 9.18 Å². The summed E-state index contributed by atoms with van der Waals surface area (Å²) in [4.78, 5) is 22.5. The van der Waals surface area contributed by atoms with Gasteiger partial charge in [0.25, 0.3) is 0 Å². The first-order chi connectivity index (χ1) is 8.73. The van der Waals surface area contributed by atoms with Crippen molar-refractivity contribution in [2.45, 2.75) is 32.4 Å². The van der Waals surface area contributed by atoms with E-state index in [-0.39, 0.29) is 5.02 Å². The fraction of sp³-hybridized carbons (Fsp3) is 0.385. The minimum absolute atomic E-state index is 0.115. The number of amides is 1. The van der Waals surface area contributed by atoms with Crippen molar-refractivity contribution in [1.29, 1.82) is 0 Å². The van der Waals surface area contributed by atoms with Crippen LogP contribution in [0.4, 0.5) is 9.18 Å². The number of ether oxygens (including phenoxy) is 1. The number of hydrogen-bond acceptors (Lipinski definition) is 3. The molecule has 1 amide bonds. The van der Waals surface area contributed by atoms with Gasteiger partial charge in [0.15, 0.2) is 0 Å². The van der Waals surface area contributed by atoms with Gasteiger partial charge in [0.05, 0.1) is 5.02 Å². The summed E-state index contributed by atoms with van der Waals surface area (Å²) >= 11 is 5.62.